The number of nitrogens with one attached hydrogen (secondary N) is 2. The second-order valence-electron chi connectivity index (χ2n) is 11.2. The third kappa shape index (κ3) is 4.05. The predicted octanol–water partition coefficient (Wildman–Crippen LogP) is 6.75. The highest BCUT2D eigenvalue weighted by atomic mass is 19.1. The molecule has 2 saturated heterocycles. The zero-order chi connectivity index (χ0) is 28.3. The average molecular weight is 564 g/mol. The lowest BCUT2D eigenvalue weighted by Crippen LogP contribution is -2.43. The Labute approximate surface area is 239 Å². The van der Waals surface area contributed by atoms with Gasteiger partial charge in [-0.1, -0.05) is 30.3 Å². The van der Waals surface area contributed by atoms with Crippen LogP contribution in [-0.2, 0) is 0 Å². The minimum absolute atomic E-state index is 0.0185. The monoisotopic (exact) mass is 563 g/mol. The van der Waals surface area contributed by atoms with Gasteiger partial charge in [-0.25, -0.2) is 8.78 Å². The molecule has 6 aromatic rings. The summed E-state index contributed by atoms with van der Waals surface area (Å²) in [6.07, 6.45) is 7.66. The van der Waals surface area contributed by atoms with Crippen molar-refractivity contribution in [2.75, 3.05) is 25.0 Å². The van der Waals surface area contributed by atoms with Gasteiger partial charge in [-0.3, -0.25) is 15.0 Å². The molecule has 8 nitrogen and oxygen atoms in total. The summed E-state index contributed by atoms with van der Waals surface area (Å²) < 4.78 is 37.7. The van der Waals surface area contributed by atoms with Crippen molar-refractivity contribution in [2.45, 2.75) is 31.2 Å². The molecule has 2 fully saturated rings. The van der Waals surface area contributed by atoms with Crippen LogP contribution in [0.3, 0.4) is 0 Å². The molecule has 0 amide bonds. The molecule has 2 N–H and O–H groups in total. The molecule has 0 spiro atoms. The van der Waals surface area contributed by atoms with Gasteiger partial charge in [-0.15, -0.1) is 0 Å². The van der Waals surface area contributed by atoms with Gasteiger partial charge in [0.05, 0.1) is 22.6 Å². The van der Waals surface area contributed by atoms with Crippen LogP contribution in [0.4, 0.5) is 20.3 Å². The number of anilines is 2. The van der Waals surface area contributed by atoms with Crippen LogP contribution in [0.1, 0.15) is 25.7 Å². The first kappa shape index (κ1) is 25.0. The summed E-state index contributed by atoms with van der Waals surface area (Å²) in [5, 5.41) is 12.6. The van der Waals surface area contributed by atoms with E-state index >= 15 is 4.39 Å². The Bertz CT molecular complexity index is 1980. The van der Waals surface area contributed by atoms with E-state index in [2.05, 4.69) is 30.4 Å². The molecule has 0 bridgehead atoms. The molecule has 0 atom stereocenters. The first-order chi connectivity index (χ1) is 20.6. The van der Waals surface area contributed by atoms with Gasteiger partial charge in [0, 0.05) is 28.2 Å². The lowest BCUT2D eigenvalue weighted by Gasteiger charge is -2.31. The standard InChI is InChI=1S/C32H27F2N7O/c33-24-8-2-6-19-5-1-7-22(26(19)24)28-27(34)29-23(17-35-28)30(37-21-9-10-25-20(15-21)16-36-40-25)39-31(38-29)42-18-32-11-3-13-41(32)14-4-12-32/h1-2,5-10,15-17H,3-4,11-14,18H2,(H,36,40)(H,37,38,39). The van der Waals surface area contributed by atoms with Crippen LogP contribution in [0.5, 0.6) is 6.01 Å². The number of rotatable bonds is 6. The Kier molecular flexibility index (Phi) is 5.78. The number of pyridine rings is 1. The van der Waals surface area contributed by atoms with Gasteiger partial charge in [0.1, 0.15) is 29.5 Å². The van der Waals surface area contributed by atoms with Crippen LogP contribution in [-0.4, -0.2) is 55.3 Å². The Balaban J connectivity index is 1.25. The summed E-state index contributed by atoms with van der Waals surface area (Å²) in [5.41, 5.74) is 2.04. The fourth-order valence-electron chi connectivity index (χ4n) is 6.69. The average Bonchev–Trinajstić information content (AvgIpc) is 3.73. The largest absolute Gasteiger partial charge is 0.461 e. The second kappa shape index (κ2) is 9.70. The van der Waals surface area contributed by atoms with Crippen molar-refractivity contribution >= 4 is 44.1 Å². The quantitative estimate of drug-likeness (QED) is 0.232. The summed E-state index contributed by atoms with van der Waals surface area (Å²) in [7, 11) is 0. The zero-order valence-corrected chi connectivity index (χ0v) is 22.7. The number of halogens is 2. The maximum absolute atomic E-state index is 16.5. The van der Waals surface area contributed by atoms with Crippen LogP contribution >= 0.6 is 0 Å². The first-order valence-electron chi connectivity index (χ1n) is 14.2. The van der Waals surface area contributed by atoms with Crippen LogP contribution in [0.25, 0.3) is 43.8 Å². The fraction of sp³-hybridized carbons (Fsp3) is 0.250. The Hall–Kier alpha value is -4.70. The molecule has 210 valence electrons. The topological polar surface area (TPSA) is 91.9 Å². The number of benzene rings is 3. The van der Waals surface area contributed by atoms with Crippen molar-refractivity contribution in [3.05, 3.63) is 78.6 Å². The van der Waals surface area contributed by atoms with Crippen LogP contribution < -0.4 is 10.1 Å². The molecular formula is C32H27F2N7O. The van der Waals surface area contributed by atoms with Crippen LogP contribution in [0.2, 0.25) is 0 Å². The molecule has 5 heterocycles. The highest BCUT2D eigenvalue weighted by molar-refractivity contribution is 5.99. The number of ether oxygens (including phenoxy) is 1. The highest BCUT2D eigenvalue weighted by Crippen LogP contribution is 2.40. The lowest BCUT2D eigenvalue weighted by molar-refractivity contribution is 0.108. The minimum Gasteiger partial charge on any atom is -0.461 e. The molecule has 0 aliphatic carbocycles. The molecule has 8 rings (SSSR count). The van der Waals surface area contributed by atoms with E-state index in [1.54, 1.807) is 36.5 Å². The van der Waals surface area contributed by atoms with Crippen molar-refractivity contribution in [3.63, 3.8) is 0 Å². The van der Waals surface area contributed by atoms with Gasteiger partial charge < -0.3 is 10.1 Å². The number of hydrogen-bond donors (Lipinski definition) is 2. The molecule has 3 aromatic carbocycles. The number of aromatic amines is 1. The Morgan fingerprint density at radius 2 is 1.79 bits per heavy atom. The van der Waals surface area contributed by atoms with E-state index in [-0.39, 0.29) is 22.8 Å². The van der Waals surface area contributed by atoms with E-state index in [0.29, 0.717) is 34.1 Å². The van der Waals surface area contributed by atoms with Gasteiger partial charge >= 0.3 is 6.01 Å². The van der Waals surface area contributed by atoms with Crippen molar-refractivity contribution < 1.29 is 13.5 Å². The number of aromatic nitrogens is 5. The molecular weight excluding hydrogens is 536 g/mol. The molecule has 10 heteroatoms. The first-order valence-corrected chi connectivity index (χ1v) is 14.2. The highest BCUT2D eigenvalue weighted by Gasteiger charge is 2.45. The molecule has 0 radical (unpaired) electrons. The summed E-state index contributed by atoms with van der Waals surface area (Å²) in [5.74, 6) is -0.734. The van der Waals surface area contributed by atoms with E-state index < -0.39 is 11.6 Å². The van der Waals surface area contributed by atoms with E-state index in [1.807, 2.05) is 18.2 Å². The molecule has 2 aliphatic heterocycles. The third-order valence-electron chi connectivity index (χ3n) is 8.76. The van der Waals surface area contributed by atoms with E-state index in [1.165, 1.54) is 12.3 Å². The van der Waals surface area contributed by atoms with E-state index in [9.17, 15) is 4.39 Å². The van der Waals surface area contributed by atoms with E-state index in [0.717, 1.165) is 55.4 Å². The fourth-order valence-corrected chi connectivity index (χ4v) is 6.69. The van der Waals surface area contributed by atoms with Crippen molar-refractivity contribution in [1.29, 1.82) is 0 Å². The molecule has 42 heavy (non-hydrogen) atoms. The van der Waals surface area contributed by atoms with Crippen molar-refractivity contribution in [1.82, 2.24) is 30.0 Å². The summed E-state index contributed by atoms with van der Waals surface area (Å²) in [6, 6.07) is 15.8. The smallest absolute Gasteiger partial charge is 0.319 e. The number of H-pyrrole nitrogens is 1. The lowest BCUT2D eigenvalue weighted by atomic mass is 9.95. The third-order valence-corrected chi connectivity index (χ3v) is 8.76. The normalized spacial score (nSPS) is 16.4. The van der Waals surface area contributed by atoms with Crippen LogP contribution in [0, 0.1) is 11.6 Å². The summed E-state index contributed by atoms with van der Waals surface area (Å²) in [4.78, 5) is 16.2. The summed E-state index contributed by atoms with van der Waals surface area (Å²) in [6.45, 7) is 2.57. The van der Waals surface area contributed by atoms with Gasteiger partial charge in [-0.2, -0.15) is 15.1 Å². The van der Waals surface area contributed by atoms with Crippen LogP contribution in [0.15, 0.2) is 67.0 Å². The molecule has 0 saturated carbocycles. The Morgan fingerprint density at radius 1 is 0.952 bits per heavy atom. The van der Waals surface area contributed by atoms with Gasteiger partial charge in [0.25, 0.3) is 0 Å². The maximum atomic E-state index is 16.5. The minimum atomic E-state index is -0.662. The molecule has 3 aromatic heterocycles. The van der Waals surface area contributed by atoms with Crippen molar-refractivity contribution in [3.8, 4) is 17.3 Å². The van der Waals surface area contributed by atoms with E-state index in [4.69, 9.17) is 9.72 Å². The predicted molar refractivity (Wildman–Crippen MR) is 158 cm³/mol. The maximum Gasteiger partial charge on any atom is 0.319 e. The molecule has 2 aliphatic rings. The number of nitrogens with zero attached hydrogens (tertiary/aromatic N) is 5. The number of fused-ring (bicyclic) bond motifs is 4. The van der Waals surface area contributed by atoms with Crippen molar-refractivity contribution in [2.24, 2.45) is 0 Å². The Morgan fingerprint density at radius 3 is 2.64 bits per heavy atom. The second-order valence-corrected chi connectivity index (χ2v) is 11.2. The number of hydrogen-bond acceptors (Lipinski definition) is 7. The van der Waals surface area contributed by atoms with Gasteiger partial charge in [-0.05, 0) is 68.4 Å². The SMILES string of the molecule is Fc1c(-c2cccc3cccc(F)c23)ncc2c(Nc3ccc4[nH]ncc4c3)nc(OCC34CCCN3CCC4)nc12. The zero-order valence-electron chi connectivity index (χ0n) is 22.7. The molecule has 0 unspecified atom stereocenters. The summed E-state index contributed by atoms with van der Waals surface area (Å²) >= 11 is 0. The van der Waals surface area contributed by atoms with Gasteiger partial charge in [0.15, 0.2) is 5.82 Å². The van der Waals surface area contributed by atoms with Gasteiger partial charge in [0.2, 0.25) is 0 Å².